The van der Waals surface area contributed by atoms with Crippen molar-refractivity contribution < 1.29 is 76.3 Å². The minimum Gasteiger partial charge on any atom is -0.494 e. The molecule has 108 heavy (non-hydrogen) atoms. The van der Waals surface area contributed by atoms with Crippen molar-refractivity contribution in [1.29, 1.82) is 0 Å². The van der Waals surface area contributed by atoms with Gasteiger partial charge in [0, 0.05) is 98.2 Å². The van der Waals surface area contributed by atoms with Crippen LogP contribution in [0.3, 0.4) is 0 Å². The summed E-state index contributed by atoms with van der Waals surface area (Å²) in [7, 11) is 0. The number of hydrogen-bond donors (Lipinski definition) is 2. The second-order valence-corrected chi connectivity index (χ2v) is 27.3. The lowest BCUT2D eigenvalue weighted by Gasteiger charge is -2.21. The average molecular weight is 1480 g/mol. The Hall–Kier alpha value is -11.6. The number of esters is 4. The number of rotatable bonds is 36. The molecule has 8 bridgehead atoms. The molecule has 7 aromatic rings. The van der Waals surface area contributed by atoms with Gasteiger partial charge in [0.05, 0.1) is 73.6 Å². The van der Waals surface area contributed by atoms with E-state index in [-0.39, 0.29) is 127 Å². The van der Waals surface area contributed by atoms with E-state index < -0.39 is 23.9 Å². The number of ether oxygens (including phenoxy) is 8. The van der Waals surface area contributed by atoms with Crippen LogP contribution >= 0.6 is 0 Å². The van der Waals surface area contributed by atoms with E-state index >= 15 is 0 Å². The van der Waals surface area contributed by atoms with Crippen molar-refractivity contribution in [3.8, 4) is 67.5 Å². The Morgan fingerprint density at radius 2 is 0.537 bits per heavy atom. The molecule has 0 saturated heterocycles. The van der Waals surface area contributed by atoms with Gasteiger partial charge in [-0.3, -0.25) is 38.4 Å². The maximum Gasteiger partial charge on any atom is 0.325 e. The Morgan fingerprint density at radius 3 is 0.731 bits per heavy atom. The molecule has 2 N–H and O–H groups in total. The highest BCUT2D eigenvalue weighted by atomic mass is 16.6. The number of nitrogens with zero attached hydrogens (tertiary/aromatic N) is 6. The molecule has 24 heteroatoms. The van der Waals surface area contributed by atoms with Crippen LogP contribution in [0.5, 0.6) is 23.0 Å². The van der Waals surface area contributed by atoms with Crippen molar-refractivity contribution in [2.45, 2.75) is 133 Å². The normalized spacial score (nSPS) is 11.6. The lowest BCUT2D eigenvalue weighted by Crippen LogP contribution is -2.36. The zero-order valence-corrected chi connectivity index (χ0v) is 63.7. The van der Waals surface area contributed by atoms with Gasteiger partial charge in [-0.1, -0.05) is 48.5 Å². The summed E-state index contributed by atoms with van der Waals surface area (Å²) in [4.78, 5) is 126. The Bertz CT molecular complexity index is 4060. The van der Waals surface area contributed by atoms with Gasteiger partial charge in [-0.2, -0.15) is 0 Å². The molecule has 0 saturated carbocycles. The largest absolute Gasteiger partial charge is 0.494 e. The van der Waals surface area contributed by atoms with Gasteiger partial charge >= 0.3 is 23.9 Å². The number of H-pyrrole nitrogens is 2. The summed E-state index contributed by atoms with van der Waals surface area (Å²) in [5, 5.41) is 0. The predicted octanol–water partition coefficient (Wildman–Crippen LogP) is 13.6. The highest BCUT2D eigenvalue weighted by molar-refractivity contribution is 6.00. The molecule has 24 nitrogen and oxygen atoms in total. The number of nitrogens with one attached hydrogen (secondary N) is 2. The van der Waals surface area contributed by atoms with Gasteiger partial charge in [0.1, 0.15) is 49.2 Å². The van der Waals surface area contributed by atoms with Gasteiger partial charge in [-0.15, -0.1) is 0 Å². The van der Waals surface area contributed by atoms with Crippen LogP contribution in [-0.4, -0.2) is 190 Å². The molecule has 5 heterocycles. The van der Waals surface area contributed by atoms with E-state index in [2.05, 4.69) is 9.97 Å². The number of fused-ring (bicyclic) bond motifs is 8. The van der Waals surface area contributed by atoms with Crippen LogP contribution < -0.4 is 18.9 Å². The maximum atomic E-state index is 12.7. The molecule has 570 valence electrons. The standard InChI is InChI=1S/C84H98N8O16/c1-53(2)105-77(97)49-89(57(9)93)37-17-41-101-65-25-13-21-61(45-65)81-69-29-31-71(85-69)82(62-22-14-26-66(46-62)102-42-18-38-90(58(10)94)50-78(98)106-54(3)4)73-33-35-75(87-73)84(64-24-16-28-68(48-64)104-44-20-40-92(60(12)96)52-80(100)108-56(7)8)76-36-34-74(88-76)83(72-32-30-70(81)86-72)63-23-15-27-67(47-63)103-43-19-39-91(59(11)95)51-79(99)107-55(5)6/h13-16,21-36,45-48,53-56,85,88H,17-20,37-44,49-52H2,1-12H3. The Balaban J connectivity index is 1.19. The molecular weight excluding hydrogens is 1380 g/mol. The minimum atomic E-state index is -0.492. The fourth-order valence-electron chi connectivity index (χ4n) is 12.4. The first-order chi connectivity index (χ1) is 51.7. The fraction of sp³-hybridized carbons (Fsp3) is 0.381. The molecule has 0 fully saturated rings. The van der Waals surface area contributed by atoms with E-state index in [1.807, 2.05) is 146 Å². The van der Waals surface area contributed by atoms with Crippen LogP contribution in [0, 0.1) is 0 Å². The molecule has 0 aliphatic carbocycles. The average Bonchev–Trinajstić information content (AvgIpc) is 1.61. The van der Waals surface area contributed by atoms with Gasteiger partial charge < -0.3 is 67.5 Å². The fourth-order valence-corrected chi connectivity index (χ4v) is 12.4. The number of aromatic nitrogens is 4. The summed E-state index contributed by atoms with van der Waals surface area (Å²) >= 11 is 0. The zero-order valence-electron chi connectivity index (χ0n) is 63.7. The number of hydrogen-bond acceptors (Lipinski definition) is 18. The lowest BCUT2D eigenvalue weighted by molar-refractivity contribution is -0.152. The first kappa shape index (κ1) is 80.5. The third-order valence-corrected chi connectivity index (χ3v) is 17.1. The van der Waals surface area contributed by atoms with E-state index in [1.165, 1.54) is 47.3 Å². The molecular formula is C84H98N8O16. The molecule has 2 aliphatic heterocycles. The molecule has 3 aromatic heterocycles. The topological polar surface area (TPSA) is 281 Å². The third-order valence-electron chi connectivity index (χ3n) is 17.1. The van der Waals surface area contributed by atoms with Gasteiger partial charge in [0.15, 0.2) is 0 Å². The van der Waals surface area contributed by atoms with Gasteiger partial charge in [-0.05, 0) is 200 Å². The van der Waals surface area contributed by atoms with Crippen molar-refractivity contribution in [2.75, 3.05) is 78.8 Å². The molecule has 0 unspecified atom stereocenters. The van der Waals surface area contributed by atoms with Crippen molar-refractivity contribution >= 4 is 93.9 Å². The van der Waals surface area contributed by atoms with Crippen molar-refractivity contribution in [1.82, 2.24) is 39.5 Å². The first-order valence-corrected chi connectivity index (χ1v) is 36.6. The summed E-state index contributed by atoms with van der Waals surface area (Å²) in [5.74, 6) is -0.815. The predicted molar refractivity (Wildman–Crippen MR) is 415 cm³/mol. The summed E-state index contributed by atoms with van der Waals surface area (Å²) in [5.41, 5.74) is 11.1. The molecule has 0 spiro atoms. The van der Waals surface area contributed by atoms with Crippen LogP contribution in [0.4, 0.5) is 0 Å². The second-order valence-electron chi connectivity index (χ2n) is 27.3. The Kier molecular flexibility index (Phi) is 28.8. The molecule has 4 aromatic carbocycles. The molecule has 9 rings (SSSR count). The van der Waals surface area contributed by atoms with Crippen LogP contribution in [-0.2, 0) is 57.3 Å². The number of aromatic amines is 2. The summed E-state index contributed by atoms with van der Waals surface area (Å²) in [6.07, 6.45) is 8.29. The summed E-state index contributed by atoms with van der Waals surface area (Å²) < 4.78 is 47.1. The van der Waals surface area contributed by atoms with Crippen LogP contribution in [0.1, 0.15) is 132 Å². The number of amides is 4. The quantitative estimate of drug-likeness (QED) is 0.0210. The summed E-state index contributed by atoms with van der Waals surface area (Å²) in [6.45, 7) is 21.0. The van der Waals surface area contributed by atoms with E-state index in [0.29, 0.717) is 93.5 Å². The second kappa shape index (κ2) is 38.6. The lowest BCUT2D eigenvalue weighted by atomic mass is 10.0. The van der Waals surface area contributed by atoms with E-state index in [9.17, 15) is 38.4 Å². The van der Waals surface area contributed by atoms with Crippen LogP contribution in [0.25, 0.3) is 90.9 Å². The third kappa shape index (κ3) is 23.2. The molecule has 0 atom stereocenters. The minimum absolute atomic E-state index is 0.177. The Morgan fingerprint density at radius 1 is 0.324 bits per heavy atom. The molecule has 2 aliphatic rings. The van der Waals surface area contributed by atoms with E-state index in [1.54, 1.807) is 55.4 Å². The number of benzene rings is 4. The van der Waals surface area contributed by atoms with Crippen molar-refractivity contribution in [3.63, 3.8) is 0 Å². The first-order valence-electron chi connectivity index (χ1n) is 36.6. The highest BCUT2D eigenvalue weighted by Gasteiger charge is 2.24. The van der Waals surface area contributed by atoms with Crippen LogP contribution in [0.15, 0.2) is 121 Å². The van der Waals surface area contributed by atoms with Gasteiger partial charge in [0.25, 0.3) is 0 Å². The van der Waals surface area contributed by atoms with Gasteiger partial charge in [-0.25, -0.2) is 9.97 Å². The molecule has 0 radical (unpaired) electrons. The van der Waals surface area contributed by atoms with E-state index in [0.717, 1.165) is 44.5 Å². The highest BCUT2D eigenvalue weighted by Crippen LogP contribution is 2.41. The maximum absolute atomic E-state index is 12.7. The Labute approximate surface area is 630 Å². The summed E-state index contributed by atoms with van der Waals surface area (Å²) in [6, 6.07) is 38.8. The van der Waals surface area contributed by atoms with Gasteiger partial charge in [0.2, 0.25) is 23.6 Å². The van der Waals surface area contributed by atoms with Crippen LogP contribution in [0.2, 0.25) is 0 Å². The van der Waals surface area contributed by atoms with E-state index in [4.69, 9.17) is 47.9 Å². The monoisotopic (exact) mass is 1470 g/mol. The number of carbonyl (C=O) groups excluding carboxylic acids is 8. The molecule has 4 amide bonds. The number of carbonyl (C=O) groups is 8. The zero-order chi connectivity index (χ0) is 77.6. The van der Waals surface area contributed by atoms with Crippen molar-refractivity contribution in [3.05, 3.63) is 144 Å². The van der Waals surface area contributed by atoms with Crippen molar-refractivity contribution in [2.24, 2.45) is 0 Å². The smallest absolute Gasteiger partial charge is 0.325 e. The SMILES string of the molecule is CC(=O)N(CCCOc1cccc(-c2c3nc(c(-c4cccc(OCCCN(CC(=O)OC(C)C)C(C)=O)c4)c4ccc([nH]4)c(-c4cccc(OCCCN(CC(=O)OC(C)C)C(C)=O)c4)c4nc(c(-c5cccc(OCCCN(CC(=O)OC(C)C)C(C)=O)c5)c5ccc2[nH]5)C=C4)C=C3)c1)CC(=O)OC(C)C.